The van der Waals surface area contributed by atoms with E-state index in [1.807, 2.05) is 0 Å². The molecule has 3 amide bonds. The number of imide groups is 1. The van der Waals surface area contributed by atoms with Gasteiger partial charge in [-0.2, -0.15) is 0 Å². The number of hydrogen-bond donors (Lipinski definition) is 2. The van der Waals surface area contributed by atoms with Crippen molar-refractivity contribution < 1.29 is 22.8 Å². The first kappa shape index (κ1) is 31.0. The molecule has 1 fully saturated rings. The number of thiazole rings is 1. The van der Waals surface area contributed by atoms with Crippen molar-refractivity contribution in [1.29, 1.82) is 0 Å². The Labute approximate surface area is 277 Å². The lowest BCUT2D eigenvalue weighted by Crippen LogP contribution is -2.33. The van der Waals surface area contributed by atoms with Gasteiger partial charge in [0.15, 0.2) is 0 Å². The van der Waals surface area contributed by atoms with Gasteiger partial charge in [0.25, 0.3) is 0 Å². The molecule has 0 unspecified atom stereocenters. The summed E-state index contributed by atoms with van der Waals surface area (Å²) in [6.45, 7) is -0.402. The number of rotatable bonds is 6. The fourth-order valence-electron chi connectivity index (χ4n) is 5.27. The first-order valence-corrected chi connectivity index (χ1v) is 17.5. The van der Waals surface area contributed by atoms with E-state index >= 15 is 0 Å². The van der Waals surface area contributed by atoms with Crippen molar-refractivity contribution in [2.75, 3.05) is 10.2 Å². The van der Waals surface area contributed by atoms with E-state index in [0.717, 1.165) is 32.5 Å². The second kappa shape index (κ2) is 11.7. The molecule has 3 N–H and O–H groups in total. The molecule has 2 aliphatic heterocycles. The minimum absolute atomic E-state index is 0.122. The molecule has 1 aromatic heterocycles. The fourth-order valence-corrected chi connectivity index (χ4v) is 9.24. The number of primary sulfonamides is 1. The van der Waals surface area contributed by atoms with Gasteiger partial charge in [0.1, 0.15) is 11.8 Å². The molecule has 3 atom stereocenters. The van der Waals surface area contributed by atoms with E-state index in [4.69, 9.17) is 28.3 Å². The van der Waals surface area contributed by atoms with Gasteiger partial charge in [0.05, 0.1) is 31.6 Å². The largest absolute Gasteiger partial charge is 0.325 e. The quantitative estimate of drug-likeness (QED) is 0.262. The molecule has 0 aliphatic carbocycles. The van der Waals surface area contributed by atoms with Crippen LogP contribution in [0.4, 0.5) is 11.4 Å². The first-order valence-electron chi connectivity index (χ1n) is 12.8. The minimum atomic E-state index is -3.91. The molecule has 4 aromatic rings. The number of fused-ring (bicyclic) bond motifs is 2. The molecular weight excluding hydrogens is 735 g/mol. The number of anilines is 2. The van der Waals surface area contributed by atoms with E-state index in [1.54, 1.807) is 42.5 Å². The van der Waals surface area contributed by atoms with Gasteiger partial charge in [-0.3, -0.25) is 23.7 Å². The highest BCUT2D eigenvalue weighted by molar-refractivity contribution is 9.10. The van der Waals surface area contributed by atoms with Crippen LogP contribution in [0.3, 0.4) is 0 Å². The molecule has 3 aromatic carbocycles. The number of nitrogens with zero attached hydrogens (tertiary/aromatic N) is 2. The predicted octanol–water partition coefficient (Wildman–Crippen LogP) is 5.06. The summed E-state index contributed by atoms with van der Waals surface area (Å²) in [6, 6.07) is 17.0. The number of aromatic nitrogens is 1. The molecule has 226 valence electrons. The highest BCUT2D eigenvalue weighted by Crippen LogP contribution is 2.55. The summed E-state index contributed by atoms with van der Waals surface area (Å²) in [7, 11) is -3.91. The van der Waals surface area contributed by atoms with Crippen molar-refractivity contribution in [3.63, 3.8) is 0 Å². The Bertz CT molecular complexity index is 2020. The smallest absolute Gasteiger partial charge is 0.308 e. The monoisotopic (exact) mass is 752 g/mol. The standard InChI is InChI=1S/C28H19BrCl2N4O6S3/c29-13-4-8-15(9-5-13)35-25(37)21-20(17-2-1-3-18(30)22(17)31)24-27(42-23(21)26(35)38)34(28(39)43-24)12-19(36)33-14-6-10-16(11-7-14)44(32,40)41/h1-11,20-21,23H,12H2,(H,33,36)(H2,32,40,41)/t20-,21-,23+/m0/s1. The maximum atomic E-state index is 14.0. The van der Waals surface area contributed by atoms with Crippen LogP contribution in [0.1, 0.15) is 16.4 Å². The summed E-state index contributed by atoms with van der Waals surface area (Å²) in [4.78, 5) is 55.3. The topological polar surface area (TPSA) is 149 Å². The van der Waals surface area contributed by atoms with Crippen molar-refractivity contribution in [3.8, 4) is 0 Å². The Balaban J connectivity index is 1.39. The van der Waals surface area contributed by atoms with Crippen molar-refractivity contribution in [3.05, 3.63) is 101 Å². The minimum Gasteiger partial charge on any atom is -0.325 e. The van der Waals surface area contributed by atoms with E-state index in [9.17, 15) is 27.6 Å². The maximum Gasteiger partial charge on any atom is 0.308 e. The van der Waals surface area contributed by atoms with Gasteiger partial charge < -0.3 is 5.32 Å². The molecule has 0 spiro atoms. The average molecular weight is 754 g/mol. The van der Waals surface area contributed by atoms with Crippen LogP contribution in [0, 0.1) is 5.92 Å². The van der Waals surface area contributed by atoms with E-state index in [1.165, 1.54) is 28.8 Å². The summed E-state index contributed by atoms with van der Waals surface area (Å²) in [5.74, 6) is -3.13. The molecular formula is C28H19BrCl2N4O6S3. The van der Waals surface area contributed by atoms with Gasteiger partial charge in [0.2, 0.25) is 27.7 Å². The second-order valence-corrected chi connectivity index (χ2v) is 15.3. The molecule has 0 radical (unpaired) electrons. The van der Waals surface area contributed by atoms with Gasteiger partial charge in [-0.1, -0.05) is 74.4 Å². The van der Waals surface area contributed by atoms with Crippen molar-refractivity contribution >= 4 is 101 Å². The van der Waals surface area contributed by atoms with Crippen LogP contribution in [0.15, 0.2) is 85.9 Å². The molecule has 0 bridgehead atoms. The fraction of sp³-hybridized carbons (Fsp3) is 0.143. The number of nitrogens with one attached hydrogen (secondary N) is 1. The zero-order valence-corrected chi connectivity index (χ0v) is 27.6. The van der Waals surface area contributed by atoms with Crippen LogP contribution >= 0.6 is 62.2 Å². The van der Waals surface area contributed by atoms with Crippen molar-refractivity contribution in [2.45, 2.75) is 27.6 Å². The summed E-state index contributed by atoms with van der Waals surface area (Å²) in [6.07, 6.45) is 0. The number of sulfonamides is 1. The van der Waals surface area contributed by atoms with Gasteiger partial charge in [0, 0.05) is 21.0 Å². The van der Waals surface area contributed by atoms with Crippen LogP contribution in [0.5, 0.6) is 0 Å². The number of benzene rings is 3. The summed E-state index contributed by atoms with van der Waals surface area (Å²) in [5, 5.41) is 7.69. The van der Waals surface area contributed by atoms with E-state index in [-0.39, 0.29) is 20.6 Å². The van der Waals surface area contributed by atoms with Crippen LogP contribution in [-0.4, -0.2) is 36.0 Å². The number of halogens is 3. The van der Waals surface area contributed by atoms with Crippen LogP contribution in [0.25, 0.3) is 0 Å². The van der Waals surface area contributed by atoms with E-state index in [0.29, 0.717) is 21.2 Å². The highest BCUT2D eigenvalue weighted by Gasteiger charge is 2.57. The Kier molecular flexibility index (Phi) is 8.28. The van der Waals surface area contributed by atoms with Gasteiger partial charge >= 0.3 is 4.87 Å². The number of amides is 3. The van der Waals surface area contributed by atoms with Crippen LogP contribution in [-0.2, 0) is 31.0 Å². The lowest BCUT2D eigenvalue weighted by atomic mass is 9.83. The Morgan fingerprint density at radius 2 is 1.66 bits per heavy atom. The third kappa shape index (κ3) is 5.53. The van der Waals surface area contributed by atoms with Gasteiger partial charge in [-0.25, -0.2) is 18.5 Å². The number of carbonyl (C=O) groups is 3. The molecule has 3 heterocycles. The summed E-state index contributed by atoms with van der Waals surface area (Å²) in [5.41, 5.74) is 1.18. The van der Waals surface area contributed by atoms with Crippen LogP contribution in [0.2, 0.25) is 10.0 Å². The number of nitrogens with two attached hydrogens (primary N) is 1. The molecule has 10 nitrogen and oxygen atoms in total. The lowest BCUT2D eigenvalue weighted by Gasteiger charge is -2.31. The third-order valence-electron chi connectivity index (χ3n) is 7.22. The highest BCUT2D eigenvalue weighted by atomic mass is 79.9. The van der Waals surface area contributed by atoms with E-state index in [2.05, 4.69) is 21.2 Å². The summed E-state index contributed by atoms with van der Waals surface area (Å²) < 4.78 is 25.1. The van der Waals surface area contributed by atoms with Crippen LogP contribution < -0.4 is 20.2 Å². The SMILES string of the molecule is NS(=O)(=O)c1ccc(NC(=O)Cn2c3c(sc2=O)[C@@H](c2cccc(Cl)c2Cl)[C@@H]2C(=O)N(c4ccc(Br)cc4)C(=O)[C@@H]2S3)cc1. The number of carbonyl (C=O) groups excluding carboxylic acids is 3. The molecule has 16 heteroatoms. The van der Waals surface area contributed by atoms with E-state index < -0.39 is 56.2 Å². The zero-order valence-electron chi connectivity index (χ0n) is 22.1. The molecule has 6 rings (SSSR count). The molecule has 44 heavy (non-hydrogen) atoms. The Morgan fingerprint density at radius 3 is 2.32 bits per heavy atom. The van der Waals surface area contributed by atoms with Crippen molar-refractivity contribution in [2.24, 2.45) is 11.1 Å². The Hall–Kier alpha value is -2.98. The zero-order chi connectivity index (χ0) is 31.5. The lowest BCUT2D eigenvalue weighted by molar-refractivity contribution is -0.122. The van der Waals surface area contributed by atoms with Gasteiger partial charge in [-0.15, -0.1) is 0 Å². The molecule has 0 saturated carbocycles. The Morgan fingerprint density at radius 1 is 0.977 bits per heavy atom. The number of thioether (sulfide) groups is 1. The maximum absolute atomic E-state index is 14.0. The second-order valence-electron chi connectivity index (χ2n) is 9.91. The average Bonchev–Trinajstić information content (AvgIpc) is 3.41. The summed E-state index contributed by atoms with van der Waals surface area (Å²) >= 11 is 18.3. The predicted molar refractivity (Wildman–Crippen MR) is 173 cm³/mol. The molecule has 2 aliphatic rings. The first-order chi connectivity index (χ1) is 20.8. The van der Waals surface area contributed by atoms with Gasteiger partial charge in [-0.05, 0) is 60.2 Å². The normalized spacial score (nSPS) is 19.5. The number of hydrogen-bond acceptors (Lipinski definition) is 8. The molecule has 1 saturated heterocycles. The third-order valence-corrected chi connectivity index (χ3v) is 12.1. The van der Waals surface area contributed by atoms with Crippen molar-refractivity contribution in [1.82, 2.24) is 4.57 Å².